The number of amides is 1. The van der Waals surface area contributed by atoms with Gasteiger partial charge in [0.15, 0.2) is 11.2 Å². The molecule has 1 aromatic carbocycles. The largest absolute Gasteiger partial charge is 0.458 e. The Labute approximate surface area is 162 Å². The van der Waals surface area contributed by atoms with E-state index < -0.39 is 17.6 Å². The van der Waals surface area contributed by atoms with E-state index in [1.165, 1.54) is 11.3 Å². The van der Waals surface area contributed by atoms with E-state index in [-0.39, 0.29) is 18.0 Å². The molecular weight excluding hydrogens is 364 g/mol. The lowest BCUT2D eigenvalue weighted by atomic mass is 10.1. The lowest BCUT2D eigenvalue weighted by Crippen LogP contribution is -2.40. The molecule has 142 valence electrons. The molecule has 0 aliphatic carbocycles. The Balaban J connectivity index is 1.83. The zero-order valence-electron chi connectivity index (χ0n) is 15.7. The number of hydrazone groups is 1. The second kappa shape index (κ2) is 7.48. The summed E-state index contributed by atoms with van der Waals surface area (Å²) in [6, 6.07) is 8.58. The van der Waals surface area contributed by atoms with E-state index in [9.17, 15) is 9.59 Å². The van der Waals surface area contributed by atoms with Gasteiger partial charge in [0.1, 0.15) is 11.3 Å². The summed E-state index contributed by atoms with van der Waals surface area (Å²) in [7, 11) is 0. The summed E-state index contributed by atoms with van der Waals surface area (Å²) in [6.45, 7) is 7.35. The molecule has 2 aromatic rings. The summed E-state index contributed by atoms with van der Waals surface area (Å²) < 4.78 is 5.53. The van der Waals surface area contributed by atoms with Crippen LogP contribution in [-0.4, -0.2) is 34.2 Å². The number of hydrogen-bond donors (Lipinski definition) is 1. The van der Waals surface area contributed by atoms with Gasteiger partial charge in [-0.3, -0.25) is 15.1 Å². The maximum Gasteiger partial charge on any atom is 0.331 e. The van der Waals surface area contributed by atoms with Crippen LogP contribution in [0.3, 0.4) is 0 Å². The van der Waals surface area contributed by atoms with Gasteiger partial charge in [-0.05, 0) is 39.8 Å². The van der Waals surface area contributed by atoms with E-state index in [0.717, 1.165) is 10.6 Å². The van der Waals surface area contributed by atoms with Crippen molar-refractivity contribution in [1.82, 2.24) is 4.98 Å². The van der Waals surface area contributed by atoms with E-state index in [2.05, 4.69) is 15.4 Å². The van der Waals surface area contributed by atoms with Crippen molar-refractivity contribution in [2.24, 2.45) is 5.10 Å². The quantitative estimate of drug-likeness (QED) is 0.815. The van der Waals surface area contributed by atoms with Crippen molar-refractivity contribution in [3.63, 3.8) is 0 Å². The van der Waals surface area contributed by atoms with Crippen LogP contribution >= 0.6 is 11.3 Å². The van der Waals surface area contributed by atoms with Gasteiger partial charge in [-0.1, -0.05) is 18.2 Å². The van der Waals surface area contributed by atoms with Crippen LogP contribution in [0.2, 0.25) is 0 Å². The van der Waals surface area contributed by atoms with E-state index in [1.54, 1.807) is 11.2 Å². The van der Waals surface area contributed by atoms with Crippen LogP contribution in [0, 0.1) is 6.92 Å². The Kier molecular flexibility index (Phi) is 5.27. The Morgan fingerprint density at radius 1 is 1.26 bits per heavy atom. The first-order valence-electron chi connectivity index (χ1n) is 8.61. The highest BCUT2D eigenvalue weighted by Gasteiger charge is 2.38. The second-order valence-corrected chi connectivity index (χ2v) is 8.45. The van der Waals surface area contributed by atoms with Crippen molar-refractivity contribution in [2.75, 3.05) is 10.3 Å². The molecule has 0 saturated heterocycles. The van der Waals surface area contributed by atoms with Crippen molar-refractivity contribution >= 4 is 39.7 Å². The van der Waals surface area contributed by atoms with Gasteiger partial charge < -0.3 is 4.74 Å². The fourth-order valence-electron chi connectivity index (χ4n) is 2.60. The summed E-state index contributed by atoms with van der Waals surface area (Å²) in [5.41, 5.74) is 0.367. The number of ether oxygens (including phenoxy) is 1. The van der Waals surface area contributed by atoms with Crippen LogP contribution in [-0.2, 0) is 14.3 Å². The maximum absolute atomic E-state index is 12.7. The number of benzene rings is 1. The highest BCUT2D eigenvalue weighted by atomic mass is 32.1. The lowest BCUT2D eigenvalue weighted by molar-refractivity contribution is -0.156. The third kappa shape index (κ3) is 4.71. The van der Waals surface area contributed by atoms with Gasteiger partial charge in [-0.2, -0.15) is 5.10 Å². The summed E-state index contributed by atoms with van der Waals surface area (Å²) in [5.74, 6) is -0.778. The second-order valence-electron chi connectivity index (χ2n) is 7.21. The Morgan fingerprint density at radius 2 is 1.96 bits per heavy atom. The number of hydrogen-bond acceptors (Lipinski definition) is 7. The molecule has 1 aliphatic heterocycles. The normalized spacial score (nSPS) is 16.8. The number of nitrogens with one attached hydrogen (secondary N) is 1. The first-order valence-corrected chi connectivity index (χ1v) is 9.43. The predicted octanol–water partition coefficient (Wildman–Crippen LogP) is 3.37. The minimum absolute atomic E-state index is 0.167. The fraction of sp³-hybridized carbons (Fsp3) is 0.368. The number of para-hydroxylation sites is 1. The number of aryl methyl sites for hydroxylation is 1. The van der Waals surface area contributed by atoms with Crippen molar-refractivity contribution < 1.29 is 14.3 Å². The molecule has 3 rings (SSSR count). The molecule has 0 unspecified atom stereocenters. The number of aromatic nitrogens is 1. The molecule has 1 aliphatic rings. The maximum atomic E-state index is 12.7. The van der Waals surface area contributed by atoms with Gasteiger partial charge in [-0.15, -0.1) is 11.3 Å². The van der Waals surface area contributed by atoms with Gasteiger partial charge >= 0.3 is 5.97 Å². The monoisotopic (exact) mass is 386 g/mol. The first-order chi connectivity index (χ1) is 12.7. The molecule has 2 heterocycles. The molecule has 0 fully saturated rings. The van der Waals surface area contributed by atoms with Crippen LogP contribution in [0.5, 0.6) is 0 Å². The molecule has 0 spiro atoms. The molecule has 7 nitrogen and oxygen atoms in total. The summed E-state index contributed by atoms with van der Waals surface area (Å²) >= 11 is 1.38. The fourth-order valence-corrected chi connectivity index (χ4v) is 3.26. The molecule has 1 atom stereocenters. The number of carbonyl (C=O) groups is 2. The van der Waals surface area contributed by atoms with Crippen molar-refractivity contribution in [3.05, 3.63) is 41.4 Å². The number of anilines is 2. The smallest absolute Gasteiger partial charge is 0.331 e. The van der Waals surface area contributed by atoms with E-state index in [1.807, 2.05) is 58.0 Å². The molecule has 0 saturated carbocycles. The zero-order chi connectivity index (χ0) is 19.6. The van der Waals surface area contributed by atoms with Crippen LogP contribution in [0.25, 0.3) is 0 Å². The third-order valence-electron chi connectivity index (χ3n) is 3.71. The molecular formula is C19H22N4O3S. The van der Waals surface area contributed by atoms with Gasteiger partial charge in [0.25, 0.3) is 5.91 Å². The van der Waals surface area contributed by atoms with Crippen LogP contribution in [0.4, 0.5) is 10.8 Å². The molecule has 8 heteroatoms. The zero-order valence-corrected chi connectivity index (χ0v) is 16.5. The molecule has 0 bridgehead atoms. The van der Waals surface area contributed by atoms with Crippen LogP contribution in [0.1, 0.15) is 32.1 Å². The summed E-state index contributed by atoms with van der Waals surface area (Å²) in [6.07, 6.45) is 1.86. The number of thiazole rings is 1. The summed E-state index contributed by atoms with van der Waals surface area (Å²) in [4.78, 5) is 30.4. The number of rotatable bonds is 4. The Hall–Kier alpha value is -2.74. The van der Waals surface area contributed by atoms with Gasteiger partial charge in [-0.25, -0.2) is 9.78 Å². The van der Waals surface area contributed by atoms with Gasteiger partial charge in [0.05, 0.1) is 5.69 Å². The molecule has 0 radical (unpaired) electrons. The Morgan fingerprint density at radius 3 is 2.56 bits per heavy atom. The van der Waals surface area contributed by atoms with Crippen molar-refractivity contribution in [1.29, 1.82) is 0 Å². The van der Waals surface area contributed by atoms with Gasteiger partial charge in [0, 0.05) is 17.5 Å². The lowest BCUT2D eigenvalue weighted by Gasteiger charge is -2.26. The molecule has 1 N–H and O–H groups in total. The average Bonchev–Trinajstić information content (AvgIpc) is 3.21. The minimum Gasteiger partial charge on any atom is -0.458 e. The van der Waals surface area contributed by atoms with E-state index >= 15 is 0 Å². The molecule has 1 aromatic heterocycles. The standard InChI is InChI=1S/C19H22N4O3S/c1-12-11-20-18(27-12)21-16(24)14-10-15(17(25)26-19(2,3)4)23(22-14)13-8-6-5-7-9-13/h5-9,11,15H,10H2,1-4H3,(H,20,21,24)/t15-/m1/s1. The SMILES string of the molecule is Cc1cnc(NC(=O)C2=NN(c3ccccc3)[C@@H](C(=O)OC(C)(C)C)C2)s1. The topological polar surface area (TPSA) is 83.9 Å². The van der Waals surface area contributed by atoms with E-state index in [4.69, 9.17) is 4.74 Å². The summed E-state index contributed by atoms with van der Waals surface area (Å²) in [5, 5.41) is 9.21. The van der Waals surface area contributed by atoms with Crippen molar-refractivity contribution in [3.8, 4) is 0 Å². The van der Waals surface area contributed by atoms with E-state index in [0.29, 0.717) is 5.13 Å². The average molecular weight is 386 g/mol. The number of nitrogens with zero attached hydrogens (tertiary/aromatic N) is 3. The highest BCUT2D eigenvalue weighted by molar-refractivity contribution is 7.15. The highest BCUT2D eigenvalue weighted by Crippen LogP contribution is 2.27. The number of carbonyl (C=O) groups excluding carboxylic acids is 2. The van der Waals surface area contributed by atoms with Crippen LogP contribution < -0.4 is 10.3 Å². The Bertz CT molecular complexity index is 871. The predicted molar refractivity (Wildman–Crippen MR) is 106 cm³/mol. The van der Waals surface area contributed by atoms with Crippen molar-refractivity contribution in [2.45, 2.75) is 45.8 Å². The molecule has 1 amide bonds. The number of esters is 1. The van der Waals surface area contributed by atoms with Gasteiger partial charge in [0.2, 0.25) is 0 Å². The third-order valence-corrected chi connectivity index (χ3v) is 4.54. The first kappa shape index (κ1) is 19.0. The molecule has 27 heavy (non-hydrogen) atoms. The van der Waals surface area contributed by atoms with Crippen LogP contribution in [0.15, 0.2) is 41.6 Å². The minimum atomic E-state index is -0.689.